The summed E-state index contributed by atoms with van der Waals surface area (Å²) >= 11 is 0. The van der Waals surface area contributed by atoms with E-state index in [9.17, 15) is 9.59 Å². The second-order valence-corrected chi connectivity index (χ2v) is 5.66. The molecule has 0 heterocycles. The summed E-state index contributed by atoms with van der Waals surface area (Å²) in [6.45, 7) is 10.2. The topological polar surface area (TPSA) is 49.4 Å². The lowest BCUT2D eigenvalue weighted by atomic mass is 10.1. The van der Waals surface area contributed by atoms with Crippen molar-refractivity contribution in [3.05, 3.63) is 29.3 Å². The SMILES string of the molecule is CC(=O)N(CC(=O)Nc1cc(C)ccc1C)CC(C)C. The molecule has 1 aromatic carbocycles. The number of hydrogen-bond donors (Lipinski definition) is 1. The molecule has 110 valence electrons. The predicted molar refractivity (Wildman–Crippen MR) is 81.6 cm³/mol. The van der Waals surface area contributed by atoms with E-state index in [1.54, 1.807) is 4.90 Å². The third-order valence-electron chi connectivity index (χ3n) is 3.03. The normalized spacial score (nSPS) is 10.5. The first-order valence-corrected chi connectivity index (χ1v) is 6.92. The summed E-state index contributed by atoms with van der Waals surface area (Å²) in [5, 5.41) is 2.88. The van der Waals surface area contributed by atoms with Crippen molar-refractivity contribution in [2.24, 2.45) is 5.92 Å². The second kappa shape index (κ2) is 7.08. The first-order chi connectivity index (χ1) is 9.29. The summed E-state index contributed by atoms with van der Waals surface area (Å²) in [5.41, 5.74) is 2.92. The lowest BCUT2D eigenvalue weighted by molar-refractivity contribution is -0.133. The molecule has 0 radical (unpaired) electrons. The van der Waals surface area contributed by atoms with Crippen molar-refractivity contribution in [1.82, 2.24) is 4.90 Å². The average molecular weight is 276 g/mol. The zero-order valence-electron chi connectivity index (χ0n) is 13.0. The van der Waals surface area contributed by atoms with E-state index in [4.69, 9.17) is 0 Å². The fourth-order valence-electron chi connectivity index (χ4n) is 1.98. The van der Waals surface area contributed by atoms with Gasteiger partial charge in [0.25, 0.3) is 0 Å². The number of aryl methyl sites for hydroxylation is 2. The Morgan fingerprint density at radius 1 is 1.25 bits per heavy atom. The van der Waals surface area contributed by atoms with E-state index in [1.807, 2.05) is 45.9 Å². The van der Waals surface area contributed by atoms with Gasteiger partial charge < -0.3 is 10.2 Å². The molecule has 1 rings (SSSR count). The van der Waals surface area contributed by atoms with Gasteiger partial charge in [-0.05, 0) is 37.0 Å². The van der Waals surface area contributed by atoms with Gasteiger partial charge in [0.15, 0.2) is 0 Å². The molecule has 1 N–H and O–H groups in total. The first kappa shape index (κ1) is 16.2. The fraction of sp³-hybridized carbons (Fsp3) is 0.500. The van der Waals surface area contributed by atoms with Crippen LogP contribution in [0.2, 0.25) is 0 Å². The fourth-order valence-corrected chi connectivity index (χ4v) is 1.98. The number of rotatable bonds is 5. The average Bonchev–Trinajstić information content (AvgIpc) is 2.32. The molecular formula is C16H24N2O2. The largest absolute Gasteiger partial charge is 0.333 e. The van der Waals surface area contributed by atoms with Crippen molar-refractivity contribution in [3.8, 4) is 0 Å². The standard InChI is InChI=1S/C16H24N2O2/c1-11(2)9-18(14(5)19)10-16(20)17-15-8-12(3)6-7-13(15)4/h6-8,11H,9-10H2,1-5H3,(H,17,20). The van der Waals surface area contributed by atoms with Crippen molar-refractivity contribution in [2.75, 3.05) is 18.4 Å². The summed E-state index contributed by atoms with van der Waals surface area (Å²) in [5.74, 6) is 0.108. The van der Waals surface area contributed by atoms with Crippen molar-refractivity contribution in [1.29, 1.82) is 0 Å². The maximum Gasteiger partial charge on any atom is 0.244 e. The third kappa shape index (κ3) is 5.03. The Bertz CT molecular complexity index is 495. The quantitative estimate of drug-likeness (QED) is 0.899. The number of carbonyl (C=O) groups excluding carboxylic acids is 2. The molecule has 0 saturated carbocycles. The highest BCUT2D eigenvalue weighted by atomic mass is 16.2. The Morgan fingerprint density at radius 2 is 1.90 bits per heavy atom. The molecule has 0 aromatic heterocycles. The molecule has 0 bridgehead atoms. The third-order valence-corrected chi connectivity index (χ3v) is 3.03. The summed E-state index contributed by atoms with van der Waals surface area (Å²) in [4.78, 5) is 25.2. The zero-order chi connectivity index (χ0) is 15.3. The molecular weight excluding hydrogens is 252 g/mol. The number of carbonyl (C=O) groups is 2. The first-order valence-electron chi connectivity index (χ1n) is 6.92. The van der Waals surface area contributed by atoms with E-state index in [0.29, 0.717) is 12.5 Å². The number of nitrogens with one attached hydrogen (secondary N) is 1. The highest BCUT2D eigenvalue weighted by Crippen LogP contribution is 2.16. The number of amides is 2. The highest BCUT2D eigenvalue weighted by Gasteiger charge is 2.15. The van der Waals surface area contributed by atoms with Crippen LogP contribution in [0, 0.1) is 19.8 Å². The van der Waals surface area contributed by atoms with Crippen LogP contribution in [0.3, 0.4) is 0 Å². The summed E-state index contributed by atoms with van der Waals surface area (Å²) in [6.07, 6.45) is 0. The maximum absolute atomic E-state index is 12.1. The van der Waals surface area contributed by atoms with Gasteiger partial charge in [-0.2, -0.15) is 0 Å². The van der Waals surface area contributed by atoms with Gasteiger partial charge >= 0.3 is 0 Å². The van der Waals surface area contributed by atoms with E-state index < -0.39 is 0 Å². The van der Waals surface area contributed by atoms with Crippen molar-refractivity contribution in [2.45, 2.75) is 34.6 Å². The van der Waals surface area contributed by atoms with E-state index in [2.05, 4.69) is 5.32 Å². The molecule has 1 aromatic rings. The second-order valence-electron chi connectivity index (χ2n) is 5.66. The Balaban J connectivity index is 2.70. The monoisotopic (exact) mass is 276 g/mol. The molecule has 2 amide bonds. The van der Waals surface area contributed by atoms with E-state index in [1.165, 1.54) is 6.92 Å². The summed E-state index contributed by atoms with van der Waals surface area (Å²) in [7, 11) is 0. The number of anilines is 1. The molecule has 4 nitrogen and oxygen atoms in total. The smallest absolute Gasteiger partial charge is 0.244 e. The lowest BCUT2D eigenvalue weighted by Gasteiger charge is -2.22. The minimum absolute atomic E-state index is 0.0742. The molecule has 0 saturated heterocycles. The van der Waals surface area contributed by atoms with Crippen molar-refractivity contribution >= 4 is 17.5 Å². The zero-order valence-corrected chi connectivity index (χ0v) is 13.0. The molecule has 4 heteroatoms. The Labute approximate surface area is 121 Å². The maximum atomic E-state index is 12.1. The predicted octanol–water partition coefficient (Wildman–Crippen LogP) is 2.75. The van der Waals surface area contributed by atoms with Crippen LogP contribution in [-0.2, 0) is 9.59 Å². The number of hydrogen-bond acceptors (Lipinski definition) is 2. The van der Waals surface area contributed by atoms with E-state index in [-0.39, 0.29) is 18.4 Å². The molecule has 0 aliphatic carbocycles. The molecule has 0 aliphatic rings. The number of nitrogens with zero attached hydrogens (tertiary/aromatic N) is 1. The highest BCUT2D eigenvalue weighted by molar-refractivity contribution is 5.94. The van der Waals surface area contributed by atoms with Gasteiger partial charge in [-0.15, -0.1) is 0 Å². The van der Waals surface area contributed by atoms with Gasteiger partial charge in [0.2, 0.25) is 11.8 Å². The van der Waals surface area contributed by atoms with Crippen LogP contribution < -0.4 is 5.32 Å². The van der Waals surface area contributed by atoms with Gasteiger partial charge in [-0.3, -0.25) is 9.59 Å². The van der Waals surface area contributed by atoms with Gasteiger partial charge in [0.05, 0.1) is 6.54 Å². The Kier molecular flexibility index (Phi) is 5.74. The van der Waals surface area contributed by atoms with Crippen molar-refractivity contribution in [3.63, 3.8) is 0 Å². The Hall–Kier alpha value is -1.84. The molecule has 0 aliphatic heterocycles. The number of benzene rings is 1. The van der Waals surface area contributed by atoms with Crippen LogP contribution in [-0.4, -0.2) is 29.8 Å². The summed E-state index contributed by atoms with van der Waals surface area (Å²) < 4.78 is 0. The molecule has 0 unspecified atom stereocenters. The van der Waals surface area contributed by atoms with Crippen LogP contribution >= 0.6 is 0 Å². The van der Waals surface area contributed by atoms with Crippen LogP contribution in [0.15, 0.2) is 18.2 Å². The van der Waals surface area contributed by atoms with E-state index in [0.717, 1.165) is 16.8 Å². The minimum Gasteiger partial charge on any atom is -0.333 e. The van der Waals surface area contributed by atoms with Crippen molar-refractivity contribution < 1.29 is 9.59 Å². The van der Waals surface area contributed by atoms with Gasteiger partial charge in [-0.1, -0.05) is 26.0 Å². The van der Waals surface area contributed by atoms with Gasteiger partial charge in [0, 0.05) is 19.2 Å². The molecule has 0 atom stereocenters. The Morgan fingerprint density at radius 3 is 2.45 bits per heavy atom. The van der Waals surface area contributed by atoms with Gasteiger partial charge in [-0.25, -0.2) is 0 Å². The van der Waals surface area contributed by atoms with Gasteiger partial charge in [0.1, 0.15) is 0 Å². The molecule has 0 fully saturated rings. The lowest BCUT2D eigenvalue weighted by Crippen LogP contribution is -2.38. The van der Waals surface area contributed by atoms with Crippen LogP contribution in [0.4, 0.5) is 5.69 Å². The minimum atomic E-state index is -0.158. The molecule has 0 spiro atoms. The summed E-state index contributed by atoms with van der Waals surface area (Å²) in [6, 6.07) is 5.92. The van der Waals surface area contributed by atoms with Crippen LogP contribution in [0.25, 0.3) is 0 Å². The van der Waals surface area contributed by atoms with Crippen LogP contribution in [0.1, 0.15) is 31.9 Å². The van der Waals surface area contributed by atoms with Crippen LogP contribution in [0.5, 0.6) is 0 Å². The molecule has 20 heavy (non-hydrogen) atoms. The van der Waals surface area contributed by atoms with E-state index >= 15 is 0 Å².